The van der Waals surface area contributed by atoms with E-state index in [1.54, 1.807) is 12.1 Å². The van der Waals surface area contributed by atoms with E-state index in [2.05, 4.69) is 15.9 Å². The molecule has 1 heterocycles. The average molecular weight is 228 g/mol. The van der Waals surface area contributed by atoms with Crippen molar-refractivity contribution < 1.29 is 9.53 Å². The number of nitrogens with two attached hydrogens (primary N) is 1. The van der Waals surface area contributed by atoms with Crippen LogP contribution >= 0.6 is 15.9 Å². The highest BCUT2D eigenvalue weighted by molar-refractivity contribution is 9.10. The van der Waals surface area contributed by atoms with Crippen molar-refractivity contribution in [2.75, 3.05) is 12.3 Å². The minimum absolute atomic E-state index is 0.0157. The lowest BCUT2D eigenvalue weighted by Gasteiger charge is -2.01. The summed E-state index contributed by atoms with van der Waals surface area (Å²) < 4.78 is 5.90. The van der Waals surface area contributed by atoms with Crippen LogP contribution in [0.4, 0.5) is 5.69 Å². The predicted molar refractivity (Wildman–Crippen MR) is 48.4 cm³/mol. The monoisotopic (exact) mass is 227 g/mol. The van der Waals surface area contributed by atoms with Gasteiger partial charge in [-0.05, 0) is 12.1 Å². The summed E-state index contributed by atoms with van der Waals surface area (Å²) in [5.41, 5.74) is 6.70. The Bertz CT molecular complexity index is 362. The van der Waals surface area contributed by atoms with E-state index in [1.165, 1.54) is 0 Å². The number of hydrogen-bond donors (Lipinski definition) is 1. The smallest absolute Gasteiger partial charge is 0.204 e. The number of halogens is 1. The highest BCUT2D eigenvalue weighted by Gasteiger charge is 2.23. The fourth-order valence-electron chi connectivity index (χ4n) is 1.20. The van der Waals surface area contributed by atoms with Crippen LogP contribution in [0.5, 0.6) is 5.75 Å². The van der Waals surface area contributed by atoms with Crippen LogP contribution in [0, 0.1) is 0 Å². The number of Topliss-reactive ketones (excluding diaryl/α,β-unsaturated/α-hetero) is 1. The Morgan fingerprint density at radius 2 is 2.25 bits per heavy atom. The van der Waals surface area contributed by atoms with Gasteiger partial charge in [-0.3, -0.25) is 4.79 Å². The molecule has 0 amide bonds. The number of nitrogen functional groups attached to an aromatic ring is 1. The summed E-state index contributed by atoms with van der Waals surface area (Å²) in [5, 5.41) is 0. The summed E-state index contributed by atoms with van der Waals surface area (Å²) in [6.07, 6.45) is 0. The third kappa shape index (κ3) is 0.992. The average Bonchev–Trinajstić information content (AvgIpc) is 2.33. The molecule has 0 fully saturated rings. The fourth-order valence-corrected chi connectivity index (χ4v) is 1.67. The molecule has 3 nitrogen and oxygen atoms in total. The summed E-state index contributed by atoms with van der Waals surface area (Å²) in [7, 11) is 0. The molecule has 0 atom stereocenters. The van der Waals surface area contributed by atoms with Crippen LogP contribution in [-0.2, 0) is 0 Å². The standard InChI is InChI=1S/C8H6BrNO2/c9-4-1-5-7(11)3-12-8(5)6(10)2-4/h1-2H,3,10H2. The topological polar surface area (TPSA) is 52.3 Å². The number of hydrogen-bond acceptors (Lipinski definition) is 3. The maximum Gasteiger partial charge on any atom is 0.204 e. The molecule has 1 aliphatic rings. The van der Waals surface area contributed by atoms with E-state index < -0.39 is 0 Å². The molecule has 0 bridgehead atoms. The van der Waals surface area contributed by atoms with Gasteiger partial charge < -0.3 is 10.5 Å². The third-order valence-corrected chi connectivity index (χ3v) is 2.19. The number of anilines is 1. The Kier molecular flexibility index (Phi) is 1.58. The highest BCUT2D eigenvalue weighted by Crippen LogP contribution is 2.34. The second-order valence-corrected chi connectivity index (χ2v) is 3.50. The summed E-state index contributed by atoms with van der Waals surface area (Å²) in [4.78, 5) is 11.2. The molecule has 1 aromatic rings. The number of fused-ring (bicyclic) bond motifs is 1. The van der Waals surface area contributed by atoms with Crippen LogP contribution in [0.25, 0.3) is 0 Å². The molecule has 2 N–H and O–H groups in total. The minimum Gasteiger partial charge on any atom is -0.483 e. The van der Waals surface area contributed by atoms with Gasteiger partial charge in [-0.25, -0.2) is 0 Å². The zero-order valence-electron chi connectivity index (χ0n) is 6.13. The first kappa shape index (κ1) is 7.61. The Morgan fingerprint density at radius 3 is 3.00 bits per heavy atom. The molecule has 4 heteroatoms. The first-order chi connectivity index (χ1) is 5.68. The number of carbonyl (C=O) groups is 1. The van der Waals surface area contributed by atoms with Crippen molar-refractivity contribution in [3.63, 3.8) is 0 Å². The Balaban J connectivity index is 2.68. The van der Waals surface area contributed by atoms with Crippen molar-refractivity contribution in [3.8, 4) is 5.75 Å². The lowest BCUT2D eigenvalue weighted by Crippen LogP contribution is -1.98. The molecular formula is C8H6BrNO2. The second-order valence-electron chi connectivity index (χ2n) is 2.58. The van der Waals surface area contributed by atoms with Gasteiger partial charge >= 0.3 is 0 Å². The first-order valence-corrected chi connectivity index (χ1v) is 4.23. The van der Waals surface area contributed by atoms with Gasteiger partial charge in [0.25, 0.3) is 0 Å². The molecule has 0 unspecified atom stereocenters. The largest absolute Gasteiger partial charge is 0.483 e. The lowest BCUT2D eigenvalue weighted by molar-refractivity contribution is 0.0961. The molecule has 2 rings (SSSR count). The molecule has 0 radical (unpaired) electrons. The van der Waals surface area contributed by atoms with E-state index in [9.17, 15) is 4.79 Å². The molecule has 0 aliphatic carbocycles. The van der Waals surface area contributed by atoms with E-state index in [4.69, 9.17) is 10.5 Å². The fraction of sp³-hybridized carbons (Fsp3) is 0.125. The quantitative estimate of drug-likeness (QED) is 0.686. The summed E-state index contributed by atoms with van der Waals surface area (Å²) in [6.45, 7) is 0.107. The maximum absolute atomic E-state index is 11.2. The molecule has 62 valence electrons. The van der Waals surface area contributed by atoms with Crippen molar-refractivity contribution in [1.29, 1.82) is 0 Å². The van der Waals surface area contributed by atoms with Crippen LogP contribution in [0.3, 0.4) is 0 Å². The van der Waals surface area contributed by atoms with Crippen LogP contribution in [0.2, 0.25) is 0 Å². The van der Waals surface area contributed by atoms with Gasteiger partial charge in [0.05, 0.1) is 11.3 Å². The maximum atomic E-state index is 11.2. The van der Waals surface area contributed by atoms with E-state index >= 15 is 0 Å². The molecular weight excluding hydrogens is 222 g/mol. The zero-order chi connectivity index (χ0) is 8.72. The summed E-state index contributed by atoms with van der Waals surface area (Å²) >= 11 is 3.26. The van der Waals surface area contributed by atoms with Crippen LogP contribution in [0.1, 0.15) is 10.4 Å². The molecule has 1 aliphatic heterocycles. The molecule has 12 heavy (non-hydrogen) atoms. The van der Waals surface area contributed by atoms with Crippen LogP contribution in [-0.4, -0.2) is 12.4 Å². The van der Waals surface area contributed by atoms with Crippen molar-refractivity contribution >= 4 is 27.4 Å². The molecule has 0 aromatic heterocycles. The lowest BCUT2D eigenvalue weighted by atomic mass is 10.1. The Labute approximate surface area is 77.6 Å². The number of ether oxygens (including phenoxy) is 1. The highest BCUT2D eigenvalue weighted by atomic mass is 79.9. The second kappa shape index (κ2) is 2.48. The van der Waals surface area contributed by atoms with Gasteiger partial charge in [0.2, 0.25) is 5.78 Å². The Hall–Kier alpha value is -1.03. The van der Waals surface area contributed by atoms with E-state index in [1.807, 2.05) is 0 Å². The Morgan fingerprint density at radius 1 is 1.50 bits per heavy atom. The van der Waals surface area contributed by atoms with Gasteiger partial charge in [-0.15, -0.1) is 0 Å². The van der Waals surface area contributed by atoms with Gasteiger partial charge in [0.15, 0.2) is 12.4 Å². The number of rotatable bonds is 0. The van der Waals surface area contributed by atoms with E-state index in [0.29, 0.717) is 17.0 Å². The van der Waals surface area contributed by atoms with Crippen molar-refractivity contribution in [2.45, 2.75) is 0 Å². The number of carbonyl (C=O) groups excluding carboxylic acids is 1. The SMILES string of the molecule is Nc1cc(Br)cc2c1OCC2=O. The number of ketones is 1. The van der Waals surface area contributed by atoms with Gasteiger partial charge in [-0.2, -0.15) is 0 Å². The van der Waals surface area contributed by atoms with Gasteiger partial charge in [-0.1, -0.05) is 15.9 Å². The molecule has 1 aromatic carbocycles. The molecule has 0 saturated heterocycles. The number of benzene rings is 1. The van der Waals surface area contributed by atoms with E-state index in [0.717, 1.165) is 4.47 Å². The van der Waals surface area contributed by atoms with Crippen molar-refractivity contribution in [1.82, 2.24) is 0 Å². The third-order valence-electron chi connectivity index (χ3n) is 1.73. The van der Waals surface area contributed by atoms with Gasteiger partial charge in [0, 0.05) is 4.47 Å². The van der Waals surface area contributed by atoms with Crippen LogP contribution in [0.15, 0.2) is 16.6 Å². The summed E-state index contributed by atoms with van der Waals surface area (Å²) in [6, 6.07) is 3.44. The summed E-state index contributed by atoms with van der Waals surface area (Å²) in [5.74, 6) is 0.501. The zero-order valence-corrected chi connectivity index (χ0v) is 7.72. The molecule has 0 spiro atoms. The normalized spacial score (nSPS) is 14.2. The minimum atomic E-state index is -0.0157. The molecule has 0 saturated carbocycles. The van der Waals surface area contributed by atoms with Gasteiger partial charge in [0.1, 0.15) is 0 Å². The van der Waals surface area contributed by atoms with Crippen molar-refractivity contribution in [2.24, 2.45) is 0 Å². The van der Waals surface area contributed by atoms with Crippen molar-refractivity contribution in [3.05, 3.63) is 22.2 Å². The first-order valence-electron chi connectivity index (χ1n) is 3.43. The predicted octanol–water partition coefficient (Wildman–Crippen LogP) is 1.61. The van der Waals surface area contributed by atoms with Crippen LogP contribution < -0.4 is 10.5 Å². The van der Waals surface area contributed by atoms with E-state index in [-0.39, 0.29) is 12.4 Å².